The van der Waals surface area contributed by atoms with Gasteiger partial charge in [0.15, 0.2) is 0 Å². The molecule has 3 rings (SSSR count). The van der Waals surface area contributed by atoms with Crippen LogP contribution in [0.3, 0.4) is 0 Å². The molecule has 0 unspecified atom stereocenters. The number of hydrogen-bond acceptors (Lipinski definition) is 0. The fourth-order valence-corrected chi connectivity index (χ4v) is 5.50. The minimum Gasteiger partial charge on any atom is -0.206 e. The lowest BCUT2D eigenvalue weighted by atomic mass is 9.68. The van der Waals surface area contributed by atoms with E-state index in [1.54, 1.807) is 0 Å². The summed E-state index contributed by atoms with van der Waals surface area (Å²) >= 11 is 0. The van der Waals surface area contributed by atoms with E-state index in [4.69, 9.17) is 0 Å². The van der Waals surface area contributed by atoms with Gasteiger partial charge in [-0.05, 0) is 99.2 Å². The minimum absolute atomic E-state index is 0.318. The first-order valence-corrected chi connectivity index (χ1v) is 11.5. The van der Waals surface area contributed by atoms with Crippen LogP contribution in [0.15, 0.2) is 24.3 Å². The largest absolute Gasteiger partial charge is 0.422 e. The summed E-state index contributed by atoms with van der Waals surface area (Å²) in [6.45, 7) is 2.17. The standard InChI is InChI=1S/C25H33F5/c1-2-3-4-17-7-11-20(12-8-17)21-13-9-18(10-14-21)5-6-19-15-22(26)24(23(27)16-19)25(28,29)30/h3-4,15-18,20-21H,2,5-14H2,1H3. The second-order valence-electron chi connectivity index (χ2n) is 9.26. The summed E-state index contributed by atoms with van der Waals surface area (Å²) in [7, 11) is 0. The third-order valence-corrected chi connectivity index (χ3v) is 7.25. The van der Waals surface area contributed by atoms with E-state index in [-0.39, 0.29) is 0 Å². The van der Waals surface area contributed by atoms with Crippen LogP contribution in [-0.4, -0.2) is 0 Å². The normalized spacial score (nSPS) is 28.2. The van der Waals surface area contributed by atoms with Crippen LogP contribution in [0.1, 0.15) is 82.3 Å². The molecule has 0 radical (unpaired) electrons. The molecule has 0 bridgehead atoms. The number of hydrogen-bond donors (Lipinski definition) is 0. The first kappa shape index (κ1) is 23.3. The molecule has 5 heteroatoms. The maximum Gasteiger partial charge on any atom is 0.422 e. The van der Waals surface area contributed by atoms with Gasteiger partial charge in [-0.2, -0.15) is 13.2 Å². The van der Waals surface area contributed by atoms with Crippen molar-refractivity contribution in [3.8, 4) is 0 Å². The van der Waals surface area contributed by atoms with Crippen LogP contribution in [0.25, 0.3) is 0 Å². The third-order valence-electron chi connectivity index (χ3n) is 7.25. The van der Waals surface area contributed by atoms with Crippen molar-refractivity contribution >= 4 is 0 Å². The average Bonchev–Trinajstić information content (AvgIpc) is 2.70. The topological polar surface area (TPSA) is 0 Å². The molecule has 0 N–H and O–H groups in total. The quantitative estimate of drug-likeness (QED) is 0.315. The fourth-order valence-electron chi connectivity index (χ4n) is 5.50. The maximum atomic E-state index is 13.8. The molecule has 2 aliphatic rings. The van der Waals surface area contributed by atoms with Crippen LogP contribution in [0.2, 0.25) is 0 Å². The summed E-state index contributed by atoms with van der Waals surface area (Å²) < 4.78 is 65.6. The Morgan fingerprint density at radius 3 is 1.90 bits per heavy atom. The molecule has 0 amide bonds. The van der Waals surface area contributed by atoms with Crippen LogP contribution in [0.5, 0.6) is 0 Å². The highest BCUT2D eigenvalue weighted by atomic mass is 19.4. The molecule has 0 aromatic heterocycles. The van der Waals surface area contributed by atoms with Crippen LogP contribution in [-0.2, 0) is 12.6 Å². The van der Waals surface area contributed by atoms with Gasteiger partial charge >= 0.3 is 6.18 Å². The number of allylic oxidation sites excluding steroid dienone is 2. The molecule has 0 aliphatic heterocycles. The van der Waals surface area contributed by atoms with Crippen molar-refractivity contribution in [3.63, 3.8) is 0 Å². The van der Waals surface area contributed by atoms with E-state index >= 15 is 0 Å². The van der Waals surface area contributed by atoms with E-state index in [1.165, 1.54) is 38.5 Å². The zero-order valence-electron chi connectivity index (χ0n) is 17.8. The smallest absolute Gasteiger partial charge is 0.206 e. The van der Waals surface area contributed by atoms with E-state index in [1.807, 2.05) is 0 Å². The molecule has 0 saturated heterocycles. The summed E-state index contributed by atoms with van der Waals surface area (Å²) in [4.78, 5) is 0. The Balaban J connectivity index is 1.44. The molecule has 168 valence electrons. The third kappa shape index (κ3) is 6.07. The summed E-state index contributed by atoms with van der Waals surface area (Å²) in [5, 5.41) is 0. The predicted octanol–water partition coefficient (Wildman–Crippen LogP) is 8.50. The van der Waals surface area contributed by atoms with Crippen LogP contribution in [0.4, 0.5) is 22.0 Å². The maximum absolute atomic E-state index is 13.8. The molecule has 1 aromatic carbocycles. The summed E-state index contributed by atoms with van der Waals surface area (Å²) in [5.74, 6) is -0.148. The van der Waals surface area contributed by atoms with Gasteiger partial charge in [0.25, 0.3) is 0 Å². The molecule has 0 heterocycles. The van der Waals surface area contributed by atoms with Gasteiger partial charge in [-0.1, -0.05) is 31.9 Å². The van der Waals surface area contributed by atoms with Gasteiger partial charge in [0.2, 0.25) is 0 Å². The molecular weight excluding hydrogens is 395 g/mol. The van der Waals surface area contributed by atoms with E-state index < -0.39 is 23.4 Å². The first-order valence-electron chi connectivity index (χ1n) is 11.5. The van der Waals surface area contributed by atoms with Crippen LogP contribution in [0, 0.1) is 35.3 Å². The SMILES string of the molecule is CCC=CC1CCC(C2CCC(CCc3cc(F)c(C(F)(F)F)c(F)c3)CC2)CC1. The summed E-state index contributed by atoms with van der Waals surface area (Å²) in [6, 6.07) is 1.70. The molecule has 2 fully saturated rings. The number of aryl methyl sites for hydroxylation is 1. The lowest BCUT2D eigenvalue weighted by Gasteiger charge is -2.37. The van der Waals surface area contributed by atoms with Crippen molar-refractivity contribution in [2.24, 2.45) is 23.7 Å². The van der Waals surface area contributed by atoms with E-state index in [2.05, 4.69) is 19.1 Å². The average molecular weight is 429 g/mol. The highest BCUT2D eigenvalue weighted by Gasteiger charge is 2.38. The molecule has 0 nitrogen and oxygen atoms in total. The Bertz CT molecular complexity index is 682. The summed E-state index contributed by atoms with van der Waals surface area (Å²) in [6.07, 6.45) is 11.9. The van der Waals surface area contributed by atoms with Gasteiger partial charge < -0.3 is 0 Å². The van der Waals surface area contributed by atoms with Gasteiger partial charge in [0.05, 0.1) is 0 Å². The van der Waals surface area contributed by atoms with Gasteiger partial charge in [0, 0.05) is 0 Å². The van der Waals surface area contributed by atoms with Gasteiger partial charge in [0.1, 0.15) is 17.2 Å². The van der Waals surface area contributed by atoms with Gasteiger partial charge in [-0.25, -0.2) is 8.78 Å². The highest BCUT2D eigenvalue weighted by molar-refractivity contribution is 5.28. The Morgan fingerprint density at radius 2 is 1.40 bits per heavy atom. The zero-order valence-corrected chi connectivity index (χ0v) is 17.8. The van der Waals surface area contributed by atoms with Crippen molar-refractivity contribution in [3.05, 3.63) is 47.0 Å². The van der Waals surface area contributed by atoms with Gasteiger partial charge in [-0.15, -0.1) is 0 Å². The number of benzene rings is 1. The Kier molecular flexibility index (Phi) is 7.98. The Hall–Kier alpha value is -1.39. The number of alkyl halides is 3. The second kappa shape index (κ2) is 10.3. The molecule has 1 aromatic rings. The minimum atomic E-state index is -5.00. The fraction of sp³-hybridized carbons (Fsp3) is 0.680. The first-order chi connectivity index (χ1) is 14.3. The van der Waals surface area contributed by atoms with E-state index in [0.717, 1.165) is 55.6 Å². The number of halogens is 5. The van der Waals surface area contributed by atoms with Crippen LogP contribution >= 0.6 is 0 Å². The lowest BCUT2D eigenvalue weighted by molar-refractivity contribution is -0.142. The zero-order chi connectivity index (χ0) is 21.7. The lowest BCUT2D eigenvalue weighted by Crippen LogP contribution is -2.25. The van der Waals surface area contributed by atoms with Crippen molar-refractivity contribution in [1.82, 2.24) is 0 Å². The number of rotatable bonds is 6. The van der Waals surface area contributed by atoms with Crippen LogP contribution < -0.4 is 0 Å². The predicted molar refractivity (Wildman–Crippen MR) is 110 cm³/mol. The second-order valence-corrected chi connectivity index (χ2v) is 9.26. The monoisotopic (exact) mass is 428 g/mol. The van der Waals surface area contributed by atoms with Crippen molar-refractivity contribution < 1.29 is 22.0 Å². The van der Waals surface area contributed by atoms with Crippen molar-refractivity contribution in [2.45, 2.75) is 83.7 Å². The molecule has 2 aliphatic carbocycles. The molecular formula is C25H33F5. The summed E-state index contributed by atoms with van der Waals surface area (Å²) in [5.41, 5.74) is -1.47. The van der Waals surface area contributed by atoms with Crippen molar-refractivity contribution in [2.75, 3.05) is 0 Å². The molecule has 0 atom stereocenters. The van der Waals surface area contributed by atoms with Gasteiger partial charge in [-0.3, -0.25) is 0 Å². The van der Waals surface area contributed by atoms with E-state index in [0.29, 0.717) is 17.9 Å². The Labute approximate surface area is 176 Å². The molecule has 0 spiro atoms. The Morgan fingerprint density at radius 1 is 0.867 bits per heavy atom. The molecule has 30 heavy (non-hydrogen) atoms. The van der Waals surface area contributed by atoms with E-state index in [9.17, 15) is 22.0 Å². The highest BCUT2D eigenvalue weighted by Crippen LogP contribution is 2.42. The van der Waals surface area contributed by atoms with Crippen molar-refractivity contribution in [1.29, 1.82) is 0 Å². The molecule has 2 saturated carbocycles.